The molecule has 2 amide bonds. The summed E-state index contributed by atoms with van der Waals surface area (Å²) >= 11 is 0. The molecule has 0 atom stereocenters. The van der Waals surface area contributed by atoms with Gasteiger partial charge in [-0.05, 0) is 43.7 Å². The van der Waals surface area contributed by atoms with Gasteiger partial charge in [-0.25, -0.2) is 4.98 Å². The molecule has 0 saturated heterocycles. The van der Waals surface area contributed by atoms with Crippen molar-refractivity contribution in [2.24, 2.45) is 0 Å². The molecule has 146 valence electrons. The number of aryl methyl sites for hydroxylation is 1. The summed E-state index contributed by atoms with van der Waals surface area (Å²) in [6, 6.07) is 5.92. The first kappa shape index (κ1) is 19.5. The van der Waals surface area contributed by atoms with Crippen molar-refractivity contribution in [2.75, 3.05) is 17.2 Å². The predicted molar refractivity (Wildman–Crippen MR) is 109 cm³/mol. The fraction of sp³-hybridized carbons (Fsp3) is 0.300. The Labute approximate surface area is 163 Å². The normalized spacial score (nSPS) is 10.8. The molecule has 0 radical (unpaired) electrons. The maximum Gasteiger partial charge on any atom is 0.224 e. The van der Waals surface area contributed by atoms with Crippen molar-refractivity contribution in [3.63, 3.8) is 0 Å². The number of nitrogens with zero attached hydrogens (tertiary/aromatic N) is 2. The number of benzene rings is 1. The molecule has 0 aliphatic heterocycles. The lowest BCUT2D eigenvalue weighted by molar-refractivity contribution is -0.115. The van der Waals surface area contributed by atoms with Crippen molar-refractivity contribution < 1.29 is 9.59 Å². The molecule has 28 heavy (non-hydrogen) atoms. The molecule has 0 spiro atoms. The number of rotatable bonds is 9. The summed E-state index contributed by atoms with van der Waals surface area (Å²) in [6.45, 7) is 5.20. The van der Waals surface area contributed by atoms with E-state index in [1.807, 2.05) is 25.1 Å². The van der Waals surface area contributed by atoms with Crippen molar-refractivity contribution in [3.8, 4) is 0 Å². The SMILES string of the molecule is CCC(=O)Nc1ccc2[nH]c(C)c(CCNCc3cncc(NC=O)n3)c2c1. The number of hydrogen-bond acceptors (Lipinski definition) is 5. The second kappa shape index (κ2) is 9.09. The smallest absolute Gasteiger partial charge is 0.224 e. The number of hydrogen-bond donors (Lipinski definition) is 4. The van der Waals surface area contributed by atoms with Crippen LogP contribution >= 0.6 is 0 Å². The Morgan fingerprint density at radius 3 is 2.93 bits per heavy atom. The number of nitrogens with one attached hydrogen (secondary N) is 4. The molecule has 8 nitrogen and oxygen atoms in total. The zero-order valence-corrected chi connectivity index (χ0v) is 16.0. The fourth-order valence-electron chi connectivity index (χ4n) is 3.08. The second-order valence-electron chi connectivity index (χ2n) is 6.48. The van der Waals surface area contributed by atoms with E-state index in [-0.39, 0.29) is 5.91 Å². The third-order valence-corrected chi connectivity index (χ3v) is 4.47. The van der Waals surface area contributed by atoms with E-state index in [9.17, 15) is 9.59 Å². The zero-order valence-electron chi connectivity index (χ0n) is 16.0. The molecule has 2 aromatic heterocycles. The van der Waals surface area contributed by atoms with E-state index in [4.69, 9.17) is 0 Å². The topological polar surface area (TPSA) is 112 Å². The lowest BCUT2D eigenvalue weighted by Gasteiger charge is -2.07. The largest absolute Gasteiger partial charge is 0.358 e. The first-order valence-corrected chi connectivity index (χ1v) is 9.23. The van der Waals surface area contributed by atoms with Gasteiger partial charge in [0, 0.05) is 41.4 Å². The summed E-state index contributed by atoms with van der Waals surface area (Å²) in [6.07, 6.45) is 5.03. The maximum absolute atomic E-state index is 11.7. The highest BCUT2D eigenvalue weighted by molar-refractivity contribution is 5.94. The summed E-state index contributed by atoms with van der Waals surface area (Å²) < 4.78 is 0. The van der Waals surface area contributed by atoms with E-state index in [2.05, 4.69) is 37.8 Å². The highest BCUT2D eigenvalue weighted by atomic mass is 16.1. The summed E-state index contributed by atoms with van der Waals surface area (Å²) in [5.41, 5.74) is 4.96. The van der Waals surface area contributed by atoms with Gasteiger partial charge in [0.05, 0.1) is 11.9 Å². The third-order valence-electron chi connectivity index (χ3n) is 4.47. The molecule has 0 saturated carbocycles. The molecule has 0 fully saturated rings. The predicted octanol–water partition coefficient (Wildman–Crippen LogP) is 2.52. The van der Waals surface area contributed by atoms with Crippen LogP contribution in [0, 0.1) is 6.92 Å². The van der Waals surface area contributed by atoms with Gasteiger partial charge in [-0.3, -0.25) is 14.6 Å². The van der Waals surface area contributed by atoms with Gasteiger partial charge in [0.25, 0.3) is 0 Å². The van der Waals surface area contributed by atoms with Gasteiger partial charge in [-0.1, -0.05) is 6.92 Å². The van der Waals surface area contributed by atoms with Gasteiger partial charge < -0.3 is 20.9 Å². The van der Waals surface area contributed by atoms with Crippen LogP contribution in [0.4, 0.5) is 11.5 Å². The fourth-order valence-corrected chi connectivity index (χ4v) is 3.08. The Morgan fingerprint density at radius 2 is 2.14 bits per heavy atom. The minimum Gasteiger partial charge on any atom is -0.358 e. The standard InChI is InChI=1S/C20H24N6O2/c1-3-20(28)26-14-4-5-18-17(8-14)16(13(2)24-18)6-7-21-9-15-10-22-11-19(25-15)23-12-27/h4-5,8,10-12,21,24H,3,6-7,9H2,1-2H3,(H,26,28)(H,23,25,27). The molecule has 4 N–H and O–H groups in total. The molecule has 0 aliphatic rings. The second-order valence-corrected chi connectivity index (χ2v) is 6.48. The van der Waals surface area contributed by atoms with Crippen LogP contribution in [0.3, 0.4) is 0 Å². The number of aromatic nitrogens is 3. The van der Waals surface area contributed by atoms with Crippen LogP contribution in [0.25, 0.3) is 10.9 Å². The van der Waals surface area contributed by atoms with Gasteiger partial charge in [0.2, 0.25) is 12.3 Å². The summed E-state index contributed by atoms with van der Waals surface area (Å²) in [5.74, 6) is 0.436. The highest BCUT2D eigenvalue weighted by Crippen LogP contribution is 2.25. The summed E-state index contributed by atoms with van der Waals surface area (Å²) in [5, 5.41) is 9.88. The molecule has 3 aromatic rings. The van der Waals surface area contributed by atoms with E-state index in [1.54, 1.807) is 6.20 Å². The summed E-state index contributed by atoms with van der Waals surface area (Å²) in [7, 11) is 0. The number of amides is 2. The van der Waals surface area contributed by atoms with Crippen molar-refractivity contribution in [1.29, 1.82) is 0 Å². The first-order valence-electron chi connectivity index (χ1n) is 9.23. The summed E-state index contributed by atoms with van der Waals surface area (Å²) in [4.78, 5) is 33.9. The average Bonchev–Trinajstić information content (AvgIpc) is 3.00. The lowest BCUT2D eigenvalue weighted by Crippen LogP contribution is -2.18. The molecular weight excluding hydrogens is 356 g/mol. The molecule has 0 bridgehead atoms. The number of anilines is 2. The van der Waals surface area contributed by atoms with E-state index < -0.39 is 0 Å². The molecule has 0 aliphatic carbocycles. The number of carbonyl (C=O) groups excluding carboxylic acids is 2. The minimum absolute atomic E-state index is 0.00207. The van der Waals surface area contributed by atoms with Crippen LogP contribution in [-0.2, 0) is 22.6 Å². The van der Waals surface area contributed by atoms with Gasteiger partial charge in [0.1, 0.15) is 0 Å². The van der Waals surface area contributed by atoms with Crippen molar-refractivity contribution in [3.05, 3.63) is 47.5 Å². The number of H-pyrrole nitrogens is 1. The van der Waals surface area contributed by atoms with E-state index >= 15 is 0 Å². The van der Waals surface area contributed by atoms with Crippen LogP contribution in [-0.4, -0.2) is 33.8 Å². The molecule has 3 rings (SSSR count). The van der Waals surface area contributed by atoms with Gasteiger partial charge in [-0.2, -0.15) is 0 Å². The monoisotopic (exact) mass is 380 g/mol. The molecule has 1 aromatic carbocycles. The highest BCUT2D eigenvalue weighted by Gasteiger charge is 2.10. The van der Waals surface area contributed by atoms with Crippen molar-refractivity contribution in [2.45, 2.75) is 33.2 Å². The number of fused-ring (bicyclic) bond motifs is 1. The Bertz CT molecular complexity index is 982. The number of carbonyl (C=O) groups is 2. The van der Waals surface area contributed by atoms with Gasteiger partial charge in [-0.15, -0.1) is 0 Å². The molecule has 0 unspecified atom stereocenters. The van der Waals surface area contributed by atoms with Crippen molar-refractivity contribution >= 4 is 34.7 Å². The molecule has 8 heteroatoms. The van der Waals surface area contributed by atoms with Crippen LogP contribution in [0.1, 0.15) is 30.3 Å². The Kier molecular flexibility index (Phi) is 6.33. The van der Waals surface area contributed by atoms with Gasteiger partial charge in [0.15, 0.2) is 5.82 Å². The van der Waals surface area contributed by atoms with E-state index in [1.165, 1.54) is 11.8 Å². The minimum atomic E-state index is 0.00207. The van der Waals surface area contributed by atoms with E-state index in [0.29, 0.717) is 25.2 Å². The quantitative estimate of drug-likeness (QED) is 0.337. The Balaban J connectivity index is 1.64. The van der Waals surface area contributed by atoms with Crippen LogP contribution < -0.4 is 16.0 Å². The Morgan fingerprint density at radius 1 is 1.29 bits per heavy atom. The van der Waals surface area contributed by atoms with Gasteiger partial charge >= 0.3 is 0 Å². The van der Waals surface area contributed by atoms with Crippen LogP contribution in [0.15, 0.2) is 30.6 Å². The van der Waals surface area contributed by atoms with E-state index in [0.717, 1.165) is 40.9 Å². The lowest BCUT2D eigenvalue weighted by atomic mass is 10.1. The number of aromatic amines is 1. The van der Waals surface area contributed by atoms with Crippen LogP contribution in [0.5, 0.6) is 0 Å². The Hall–Kier alpha value is -3.26. The average molecular weight is 380 g/mol. The first-order chi connectivity index (χ1) is 13.6. The van der Waals surface area contributed by atoms with Crippen LogP contribution in [0.2, 0.25) is 0 Å². The third kappa shape index (κ3) is 4.72. The molecular formula is C20H24N6O2. The molecule has 2 heterocycles. The van der Waals surface area contributed by atoms with Crippen molar-refractivity contribution in [1.82, 2.24) is 20.3 Å². The maximum atomic E-state index is 11.7. The zero-order chi connectivity index (χ0) is 19.9.